The van der Waals surface area contributed by atoms with Crippen LogP contribution >= 0.6 is 0 Å². The van der Waals surface area contributed by atoms with Crippen molar-refractivity contribution in [1.82, 2.24) is 0 Å². The summed E-state index contributed by atoms with van der Waals surface area (Å²) in [4.78, 5) is 28.3. The molecule has 10 heteroatoms. The lowest BCUT2D eigenvalue weighted by molar-refractivity contribution is -0.139. The number of esters is 1. The minimum atomic E-state index is -4.73. The highest BCUT2D eigenvalue weighted by molar-refractivity contribution is 6.05. The zero-order chi connectivity index (χ0) is 28.0. The van der Waals surface area contributed by atoms with Crippen molar-refractivity contribution in [3.63, 3.8) is 0 Å². The lowest BCUT2D eigenvalue weighted by Gasteiger charge is -2.44. The molecule has 1 aliphatic heterocycles. The van der Waals surface area contributed by atoms with Crippen LogP contribution in [0.5, 0.6) is 11.5 Å². The number of hydrogen-bond donors (Lipinski definition) is 2. The molecular weight excluding hydrogens is 501 g/mol. The fourth-order valence-corrected chi connectivity index (χ4v) is 5.21. The van der Waals surface area contributed by atoms with E-state index in [1.807, 2.05) is 13.8 Å². The number of ketones is 1. The third-order valence-electron chi connectivity index (χ3n) is 6.74. The predicted octanol–water partition coefficient (Wildman–Crippen LogP) is 5.40. The first-order valence-corrected chi connectivity index (χ1v) is 12.1. The summed E-state index contributed by atoms with van der Waals surface area (Å²) in [5.74, 6) is -2.55. The molecule has 2 aromatic carbocycles. The summed E-state index contributed by atoms with van der Waals surface area (Å²) in [6.07, 6.45) is -4.39. The number of allylic oxidation sites excluding steroid dienone is 2. The van der Waals surface area contributed by atoms with E-state index in [2.05, 4.69) is 0 Å². The van der Waals surface area contributed by atoms with Gasteiger partial charge in [0, 0.05) is 17.7 Å². The Labute approximate surface area is 218 Å². The summed E-state index contributed by atoms with van der Waals surface area (Å²) in [5, 5.41) is 10.1. The molecular formula is C28H29F3N2O5. The lowest BCUT2D eigenvalue weighted by Crippen LogP contribution is -2.44. The van der Waals surface area contributed by atoms with Crippen LogP contribution in [0.2, 0.25) is 0 Å². The van der Waals surface area contributed by atoms with Crippen molar-refractivity contribution in [3.8, 4) is 11.5 Å². The molecule has 2 aliphatic rings. The Bertz CT molecular complexity index is 1360. The molecule has 1 heterocycles. The third-order valence-corrected chi connectivity index (χ3v) is 6.74. The topological polar surface area (TPSA) is 102 Å². The van der Waals surface area contributed by atoms with E-state index in [4.69, 9.17) is 15.2 Å². The number of carbonyl (C=O) groups excluding carboxylic acids is 2. The van der Waals surface area contributed by atoms with Crippen LogP contribution in [-0.4, -0.2) is 30.6 Å². The van der Waals surface area contributed by atoms with Crippen molar-refractivity contribution in [2.75, 3.05) is 18.6 Å². The molecule has 3 N–H and O–H groups in total. The maximum absolute atomic E-state index is 14.1. The number of Topliss-reactive ketones (excluding diaryl/α,β-unsaturated/α-hetero) is 1. The third kappa shape index (κ3) is 4.70. The fraction of sp³-hybridized carbons (Fsp3) is 0.357. The molecule has 1 unspecified atom stereocenters. The summed E-state index contributed by atoms with van der Waals surface area (Å²) in [6, 6.07) is 9.25. The molecule has 1 aliphatic carbocycles. The Morgan fingerprint density at radius 2 is 1.87 bits per heavy atom. The molecule has 1 atom stereocenters. The van der Waals surface area contributed by atoms with Crippen molar-refractivity contribution in [1.29, 1.82) is 0 Å². The fourth-order valence-electron chi connectivity index (χ4n) is 5.21. The Hall–Kier alpha value is -3.95. The number of rotatable bonds is 5. The van der Waals surface area contributed by atoms with E-state index in [9.17, 15) is 27.9 Å². The Morgan fingerprint density at radius 1 is 1.18 bits per heavy atom. The number of halogens is 3. The molecule has 0 bridgehead atoms. The van der Waals surface area contributed by atoms with Crippen LogP contribution in [0.3, 0.4) is 0 Å². The van der Waals surface area contributed by atoms with E-state index >= 15 is 0 Å². The minimum Gasteiger partial charge on any atom is -0.504 e. The first-order chi connectivity index (χ1) is 17.8. The summed E-state index contributed by atoms with van der Waals surface area (Å²) in [5.41, 5.74) is 5.42. The van der Waals surface area contributed by atoms with Crippen LogP contribution in [-0.2, 0) is 20.5 Å². The van der Waals surface area contributed by atoms with E-state index in [0.29, 0.717) is 5.56 Å². The maximum Gasteiger partial charge on any atom is 0.418 e. The Morgan fingerprint density at radius 3 is 2.50 bits per heavy atom. The van der Waals surface area contributed by atoms with Gasteiger partial charge in [0.1, 0.15) is 5.82 Å². The number of ether oxygens (including phenoxy) is 2. The highest BCUT2D eigenvalue weighted by atomic mass is 19.4. The predicted molar refractivity (Wildman–Crippen MR) is 134 cm³/mol. The van der Waals surface area contributed by atoms with Gasteiger partial charge in [-0.2, -0.15) is 13.2 Å². The molecule has 202 valence electrons. The quantitative estimate of drug-likeness (QED) is 0.499. The average molecular weight is 531 g/mol. The van der Waals surface area contributed by atoms with Gasteiger partial charge in [-0.3, -0.25) is 9.69 Å². The van der Waals surface area contributed by atoms with Crippen molar-refractivity contribution in [2.45, 2.75) is 45.7 Å². The van der Waals surface area contributed by atoms with Gasteiger partial charge >= 0.3 is 12.1 Å². The number of benzene rings is 2. The van der Waals surface area contributed by atoms with Gasteiger partial charge in [-0.05, 0) is 48.6 Å². The number of para-hydroxylation sites is 1. The molecule has 0 radical (unpaired) electrons. The first-order valence-electron chi connectivity index (χ1n) is 12.1. The van der Waals surface area contributed by atoms with Crippen LogP contribution < -0.4 is 15.4 Å². The van der Waals surface area contributed by atoms with Crippen molar-refractivity contribution in [3.05, 3.63) is 76.3 Å². The van der Waals surface area contributed by atoms with Crippen molar-refractivity contribution >= 4 is 17.4 Å². The van der Waals surface area contributed by atoms with Gasteiger partial charge in [-0.15, -0.1) is 0 Å². The zero-order valence-electron chi connectivity index (χ0n) is 21.5. The van der Waals surface area contributed by atoms with E-state index in [0.717, 1.165) is 6.07 Å². The summed E-state index contributed by atoms with van der Waals surface area (Å²) >= 11 is 0. The maximum atomic E-state index is 14.1. The van der Waals surface area contributed by atoms with Gasteiger partial charge in [-0.1, -0.05) is 32.0 Å². The molecule has 2 aromatic rings. The van der Waals surface area contributed by atoms with Gasteiger partial charge in [-0.25, -0.2) is 4.79 Å². The van der Waals surface area contributed by atoms with Gasteiger partial charge in [0.2, 0.25) is 0 Å². The molecule has 0 spiro atoms. The van der Waals surface area contributed by atoms with Gasteiger partial charge in [0.05, 0.1) is 36.5 Å². The standard InChI is InChI=1S/C28H29F3N2O5/c1-5-38-26(36)24-22(15-10-11-19(34)21(12-15)37-4)23-18(13-27(2,3)14-20(23)35)33(25(24)32)17-9-7-6-8-16(17)28(29,30)31/h6-12,22,34H,5,13-14,32H2,1-4H3. The number of nitrogens with two attached hydrogens (primary N) is 1. The van der Waals surface area contributed by atoms with Gasteiger partial charge in [0.15, 0.2) is 17.3 Å². The van der Waals surface area contributed by atoms with Gasteiger partial charge < -0.3 is 20.3 Å². The second-order valence-electron chi connectivity index (χ2n) is 10.0. The largest absolute Gasteiger partial charge is 0.504 e. The van der Waals surface area contributed by atoms with Crippen molar-refractivity contribution < 1.29 is 37.3 Å². The second-order valence-corrected chi connectivity index (χ2v) is 10.0. The SMILES string of the molecule is CCOC(=O)C1=C(N)N(c2ccccc2C(F)(F)F)C2=C(C(=O)CC(C)(C)C2)C1c1ccc(O)c(OC)c1. The minimum absolute atomic E-state index is 0.0206. The van der Waals surface area contributed by atoms with Crippen LogP contribution in [0.1, 0.15) is 50.7 Å². The first kappa shape index (κ1) is 27.1. The molecule has 4 rings (SSSR count). The molecule has 0 saturated heterocycles. The Kier molecular flexibility index (Phi) is 6.94. The summed E-state index contributed by atoms with van der Waals surface area (Å²) < 4.78 is 52.9. The summed E-state index contributed by atoms with van der Waals surface area (Å²) in [6.45, 7) is 5.27. The van der Waals surface area contributed by atoms with Crippen LogP contribution in [0.4, 0.5) is 18.9 Å². The number of methoxy groups -OCH3 is 1. The molecule has 7 nitrogen and oxygen atoms in total. The van der Waals surface area contributed by atoms with Gasteiger partial charge in [0.25, 0.3) is 0 Å². The summed E-state index contributed by atoms with van der Waals surface area (Å²) in [7, 11) is 1.35. The number of alkyl halides is 3. The number of hydrogen-bond acceptors (Lipinski definition) is 7. The molecule has 0 amide bonds. The van der Waals surface area contributed by atoms with E-state index < -0.39 is 29.0 Å². The smallest absolute Gasteiger partial charge is 0.418 e. The second kappa shape index (κ2) is 9.74. The molecule has 38 heavy (non-hydrogen) atoms. The number of phenolic OH excluding ortho intramolecular Hbond substituents is 1. The lowest BCUT2D eigenvalue weighted by atomic mass is 9.68. The highest BCUT2D eigenvalue weighted by Gasteiger charge is 2.48. The zero-order valence-corrected chi connectivity index (χ0v) is 21.5. The van der Waals surface area contributed by atoms with E-state index in [1.54, 1.807) is 6.92 Å². The monoisotopic (exact) mass is 530 g/mol. The number of carbonyl (C=O) groups is 2. The van der Waals surface area contributed by atoms with Crippen LogP contribution in [0.15, 0.2) is 65.1 Å². The van der Waals surface area contributed by atoms with Crippen LogP contribution in [0.25, 0.3) is 0 Å². The Balaban J connectivity index is 2.09. The van der Waals surface area contributed by atoms with Crippen molar-refractivity contribution in [2.24, 2.45) is 11.1 Å². The normalized spacial score (nSPS) is 19.4. The number of aromatic hydroxyl groups is 1. The highest BCUT2D eigenvalue weighted by Crippen LogP contribution is 2.52. The number of nitrogens with zero attached hydrogens (tertiary/aromatic N) is 1. The van der Waals surface area contributed by atoms with Crippen LogP contribution in [0, 0.1) is 5.41 Å². The molecule has 0 saturated carbocycles. The van der Waals surface area contributed by atoms with E-state index in [1.165, 1.54) is 48.4 Å². The van der Waals surface area contributed by atoms with E-state index in [-0.39, 0.29) is 65.1 Å². The molecule has 0 fully saturated rings. The average Bonchev–Trinajstić information content (AvgIpc) is 2.82. The molecule has 0 aromatic heterocycles. The number of anilines is 1. The number of phenols is 1.